The lowest BCUT2D eigenvalue weighted by atomic mass is 10.1. The summed E-state index contributed by atoms with van der Waals surface area (Å²) in [6.07, 6.45) is 87.3. The van der Waals surface area contributed by atoms with Crippen molar-refractivity contribution in [2.45, 2.75) is 341 Å². The molecule has 0 saturated heterocycles. The average molecular weight is 1090 g/mol. The summed E-state index contributed by atoms with van der Waals surface area (Å²) in [6.45, 7) is 6.61. The van der Waals surface area contributed by atoms with Gasteiger partial charge in [0, 0.05) is 19.3 Å². The van der Waals surface area contributed by atoms with E-state index in [0.29, 0.717) is 19.3 Å². The van der Waals surface area contributed by atoms with Crippen LogP contribution in [0.5, 0.6) is 0 Å². The molecule has 1 atom stereocenters. The van der Waals surface area contributed by atoms with E-state index in [0.717, 1.165) is 96.3 Å². The van der Waals surface area contributed by atoms with E-state index in [2.05, 4.69) is 106 Å². The number of hydrogen-bond donors (Lipinski definition) is 0. The Balaban J connectivity index is 4.37. The Kier molecular flexibility index (Phi) is 63.2. The molecule has 450 valence electrons. The smallest absolute Gasteiger partial charge is 0.306 e. The van der Waals surface area contributed by atoms with E-state index in [9.17, 15) is 14.4 Å². The highest BCUT2D eigenvalue weighted by atomic mass is 16.6. The minimum atomic E-state index is -0.788. The van der Waals surface area contributed by atoms with E-state index < -0.39 is 6.10 Å². The van der Waals surface area contributed by atoms with Crippen molar-refractivity contribution in [1.82, 2.24) is 0 Å². The molecule has 0 saturated carbocycles. The van der Waals surface area contributed by atoms with Crippen molar-refractivity contribution in [1.29, 1.82) is 0 Å². The van der Waals surface area contributed by atoms with E-state index in [-0.39, 0.29) is 31.1 Å². The van der Waals surface area contributed by atoms with Crippen LogP contribution in [0.15, 0.2) is 85.1 Å². The molecule has 0 aromatic carbocycles. The summed E-state index contributed by atoms with van der Waals surface area (Å²) < 4.78 is 17.0. The largest absolute Gasteiger partial charge is 0.462 e. The Morgan fingerprint density at radius 1 is 0.256 bits per heavy atom. The predicted octanol–water partition coefficient (Wildman–Crippen LogP) is 23.1. The fourth-order valence-corrected chi connectivity index (χ4v) is 9.51. The van der Waals surface area contributed by atoms with Crippen molar-refractivity contribution < 1.29 is 28.6 Å². The number of esters is 3. The second kappa shape index (κ2) is 66.1. The van der Waals surface area contributed by atoms with Gasteiger partial charge in [-0.3, -0.25) is 14.4 Å². The highest BCUT2D eigenvalue weighted by Crippen LogP contribution is 2.16. The molecule has 0 N–H and O–H groups in total. The first-order valence-electron chi connectivity index (χ1n) is 33.6. The lowest BCUT2D eigenvalue weighted by molar-refractivity contribution is -0.167. The molecule has 0 aliphatic rings. The zero-order valence-corrected chi connectivity index (χ0v) is 51.7. The molecule has 0 fully saturated rings. The van der Waals surface area contributed by atoms with E-state index in [1.807, 2.05) is 0 Å². The van der Waals surface area contributed by atoms with Gasteiger partial charge in [0.25, 0.3) is 0 Å². The summed E-state index contributed by atoms with van der Waals surface area (Å²) in [7, 11) is 0. The van der Waals surface area contributed by atoms with Crippen LogP contribution in [0.25, 0.3) is 0 Å². The molecular weight excluding hydrogens is 961 g/mol. The molecule has 0 aromatic rings. The van der Waals surface area contributed by atoms with Gasteiger partial charge in [-0.2, -0.15) is 0 Å². The van der Waals surface area contributed by atoms with Gasteiger partial charge in [0.15, 0.2) is 6.10 Å². The molecule has 0 amide bonds. The van der Waals surface area contributed by atoms with Crippen molar-refractivity contribution in [3.63, 3.8) is 0 Å². The Morgan fingerprint density at radius 2 is 0.462 bits per heavy atom. The predicted molar refractivity (Wildman–Crippen MR) is 339 cm³/mol. The lowest BCUT2D eigenvalue weighted by Crippen LogP contribution is -2.30. The second-order valence-corrected chi connectivity index (χ2v) is 22.4. The molecule has 0 spiro atoms. The molecule has 0 rings (SSSR count). The minimum absolute atomic E-state index is 0.0834. The van der Waals surface area contributed by atoms with Crippen LogP contribution in [0.4, 0.5) is 0 Å². The van der Waals surface area contributed by atoms with Crippen LogP contribution in [-0.4, -0.2) is 37.2 Å². The van der Waals surface area contributed by atoms with Gasteiger partial charge in [0.2, 0.25) is 0 Å². The molecule has 6 heteroatoms. The number of allylic oxidation sites excluding steroid dienone is 14. The number of rotatable bonds is 61. The Labute approximate surface area is 484 Å². The van der Waals surface area contributed by atoms with E-state index in [1.165, 1.54) is 199 Å². The molecular formula is C72H126O6. The molecule has 6 nitrogen and oxygen atoms in total. The Morgan fingerprint density at radius 3 is 0.756 bits per heavy atom. The first-order chi connectivity index (χ1) is 38.5. The van der Waals surface area contributed by atoms with Crippen molar-refractivity contribution in [3.8, 4) is 0 Å². The molecule has 0 aliphatic heterocycles. The van der Waals surface area contributed by atoms with Gasteiger partial charge in [-0.05, 0) is 122 Å². The molecule has 0 bridgehead atoms. The van der Waals surface area contributed by atoms with E-state index in [1.54, 1.807) is 0 Å². The van der Waals surface area contributed by atoms with Gasteiger partial charge in [-0.25, -0.2) is 0 Å². The second-order valence-electron chi connectivity index (χ2n) is 22.4. The van der Waals surface area contributed by atoms with Gasteiger partial charge in [-0.1, -0.05) is 279 Å². The monoisotopic (exact) mass is 1090 g/mol. The third-order valence-corrected chi connectivity index (χ3v) is 14.6. The molecule has 0 heterocycles. The van der Waals surface area contributed by atoms with Gasteiger partial charge in [0.05, 0.1) is 0 Å². The first kappa shape index (κ1) is 74.6. The normalized spacial score (nSPS) is 12.6. The highest BCUT2D eigenvalue weighted by Gasteiger charge is 2.19. The fourth-order valence-electron chi connectivity index (χ4n) is 9.51. The number of ether oxygens (including phenoxy) is 3. The summed E-state index contributed by atoms with van der Waals surface area (Å²) in [5.74, 6) is -0.889. The zero-order valence-electron chi connectivity index (χ0n) is 51.7. The van der Waals surface area contributed by atoms with E-state index in [4.69, 9.17) is 14.2 Å². The molecule has 0 aromatic heterocycles. The van der Waals surface area contributed by atoms with Crippen molar-refractivity contribution in [3.05, 3.63) is 85.1 Å². The molecule has 78 heavy (non-hydrogen) atoms. The zero-order chi connectivity index (χ0) is 56.4. The molecule has 0 radical (unpaired) electrons. The van der Waals surface area contributed by atoms with Crippen molar-refractivity contribution in [2.24, 2.45) is 0 Å². The average Bonchev–Trinajstić information content (AvgIpc) is 3.44. The number of hydrogen-bond acceptors (Lipinski definition) is 6. The van der Waals surface area contributed by atoms with Crippen LogP contribution < -0.4 is 0 Å². The maximum absolute atomic E-state index is 12.9. The van der Waals surface area contributed by atoms with Crippen LogP contribution >= 0.6 is 0 Å². The Hall–Kier alpha value is -3.41. The van der Waals surface area contributed by atoms with Gasteiger partial charge < -0.3 is 14.2 Å². The number of unbranched alkanes of at least 4 members (excludes halogenated alkanes) is 36. The van der Waals surface area contributed by atoms with Crippen LogP contribution in [0, 0.1) is 0 Å². The summed E-state index contributed by atoms with van der Waals surface area (Å²) in [5, 5.41) is 0. The summed E-state index contributed by atoms with van der Waals surface area (Å²) >= 11 is 0. The van der Waals surface area contributed by atoms with Crippen LogP contribution in [-0.2, 0) is 28.6 Å². The number of carbonyl (C=O) groups is 3. The van der Waals surface area contributed by atoms with Crippen LogP contribution in [0.3, 0.4) is 0 Å². The maximum atomic E-state index is 12.9. The molecule has 0 aliphatic carbocycles. The third kappa shape index (κ3) is 63.4. The van der Waals surface area contributed by atoms with Gasteiger partial charge >= 0.3 is 17.9 Å². The Bertz CT molecular complexity index is 1480. The third-order valence-electron chi connectivity index (χ3n) is 14.6. The van der Waals surface area contributed by atoms with Crippen molar-refractivity contribution in [2.75, 3.05) is 13.2 Å². The van der Waals surface area contributed by atoms with Gasteiger partial charge in [-0.15, -0.1) is 0 Å². The topological polar surface area (TPSA) is 78.9 Å². The van der Waals surface area contributed by atoms with Crippen LogP contribution in [0.1, 0.15) is 335 Å². The highest BCUT2D eigenvalue weighted by molar-refractivity contribution is 5.71. The quantitative estimate of drug-likeness (QED) is 0.0261. The summed E-state index contributed by atoms with van der Waals surface area (Å²) in [4.78, 5) is 38.4. The van der Waals surface area contributed by atoms with Crippen LogP contribution in [0.2, 0.25) is 0 Å². The lowest BCUT2D eigenvalue weighted by Gasteiger charge is -2.18. The number of carbonyl (C=O) groups excluding carboxylic acids is 3. The minimum Gasteiger partial charge on any atom is -0.462 e. The SMILES string of the molecule is CCCCC/C=C\C/C=C\CCCCCCCCCC(=O)OCC(COC(=O)CCCCCCCCCCCC/C=C\C/C=C\C/C=C\CCCCCCC)OC(=O)CCCCCCCCC/C=C\C/C=C\CCCCCC. The summed E-state index contributed by atoms with van der Waals surface area (Å²) in [5.41, 5.74) is 0. The molecule has 1 unspecified atom stereocenters. The fraction of sp³-hybridized carbons (Fsp3) is 0.764. The maximum Gasteiger partial charge on any atom is 0.306 e. The van der Waals surface area contributed by atoms with Crippen molar-refractivity contribution >= 4 is 17.9 Å². The summed E-state index contributed by atoms with van der Waals surface area (Å²) in [6, 6.07) is 0. The standard InChI is InChI=1S/C72H126O6/c1-4-7-10-13-16-19-22-25-28-31-33-34-35-36-37-38-39-42-44-47-50-53-56-59-62-65-71(74)77-68-69(67-76-70(73)64-61-58-55-52-49-46-43-40-30-27-24-21-18-15-12-9-6-3)78-72(75)66-63-60-57-54-51-48-45-41-32-29-26-23-20-17-14-11-8-5-2/h18,20-23,25,27,29-33,35-36,69H,4-17,19,24,26,28,34,37-68H2,1-3H3/b21-18-,23-20-,25-22-,30-27-,32-29-,33-31-,36-35-. The van der Waals surface area contributed by atoms with E-state index >= 15 is 0 Å². The first-order valence-corrected chi connectivity index (χ1v) is 33.6. The van der Waals surface area contributed by atoms with Gasteiger partial charge in [0.1, 0.15) is 13.2 Å².